The van der Waals surface area contributed by atoms with Gasteiger partial charge in [0, 0.05) is 25.0 Å². The fraction of sp³-hybridized carbons (Fsp3) is 0.286. The molecule has 0 spiro atoms. The van der Waals surface area contributed by atoms with E-state index in [9.17, 15) is 13.2 Å². The second-order valence-electron chi connectivity index (χ2n) is 9.12. The van der Waals surface area contributed by atoms with Crippen molar-refractivity contribution in [2.45, 2.75) is 31.9 Å². The van der Waals surface area contributed by atoms with Crippen LogP contribution >= 0.6 is 0 Å². The van der Waals surface area contributed by atoms with E-state index < -0.39 is 11.7 Å². The van der Waals surface area contributed by atoms with Gasteiger partial charge in [-0.05, 0) is 46.4 Å². The molecule has 32 heavy (non-hydrogen) atoms. The van der Waals surface area contributed by atoms with Gasteiger partial charge in [-0.1, -0.05) is 86.7 Å². The van der Waals surface area contributed by atoms with Crippen LogP contribution in [-0.4, -0.2) is 24.5 Å². The van der Waals surface area contributed by atoms with Gasteiger partial charge in [0.2, 0.25) is 0 Å². The number of benzene rings is 3. The molecular formula is C28H28F3N. The van der Waals surface area contributed by atoms with E-state index in [1.807, 2.05) is 18.2 Å². The highest BCUT2D eigenvalue weighted by atomic mass is 19.4. The predicted molar refractivity (Wildman–Crippen MR) is 125 cm³/mol. The van der Waals surface area contributed by atoms with Crippen LogP contribution in [0.2, 0.25) is 0 Å². The molecule has 1 nitrogen and oxygen atoms in total. The summed E-state index contributed by atoms with van der Waals surface area (Å²) in [5.74, 6) is 0. The molecule has 0 amide bonds. The van der Waals surface area contributed by atoms with Gasteiger partial charge in [-0.3, -0.25) is 4.90 Å². The van der Waals surface area contributed by atoms with Gasteiger partial charge in [0.25, 0.3) is 0 Å². The number of halogens is 3. The molecule has 0 saturated heterocycles. The normalized spacial score (nSPS) is 15.5. The van der Waals surface area contributed by atoms with Gasteiger partial charge in [-0.25, -0.2) is 0 Å². The van der Waals surface area contributed by atoms with E-state index in [-0.39, 0.29) is 5.41 Å². The first kappa shape index (κ1) is 22.3. The fourth-order valence-corrected chi connectivity index (χ4v) is 4.41. The number of nitrogens with zero attached hydrogens (tertiary/aromatic N) is 1. The lowest BCUT2D eigenvalue weighted by Crippen LogP contribution is -2.39. The molecule has 3 aromatic rings. The van der Waals surface area contributed by atoms with Crippen molar-refractivity contribution in [2.75, 3.05) is 19.6 Å². The molecule has 0 aliphatic carbocycles. The topological polar surface area (TPSA) is 3.24 Å². The maximum Gasteiger partial charge on any atom is 0.416 e. The summed E-state index contributed by atoms with van der Waals surface area (Å²) in [4.78, 5) is 2.38. The molecule has 0 fully saturated rings. The van der Waals surface area contributed by atoms with Crippen molar-refractivity contribution < 1.29 is 13.2 Å². The standard InChI is InChI=1S/C28H28F3N/c1-27(2,25-13-11-22(12-14-25)21-7-4-3-5-8-21)20-32-17-15-23(16-18-32)24-9-6-10-26(19-24)28(29,30)31/h3-15,19H,16-18,20H2,1-2H3. The SMILES string of the molecule is CC(C)(CN1CC=C(c2cccc(C(F)(F)F)c2)CC1)c1ccc(-c2ccccc2)cc1. The highest BCUT2D eigenvalue weighted by Gasteiger charge is 2.31. The minimum atomic E-state index is -4.31. The molecule has 4 rings (SSSR count). The zero-order valence-corrected chi connectivity index (χ0v) is 18.5. The molecule has 0 bridgehead atoms. The fourth-order valence-electron chi connectivity index (χ4n) is 4.41. The van der Waals surface area contributed by atoms with E-state index in [0.717, 1.165) is 37.7 Å². The number of hydrogen-bond donors (Lipinski definition) is 0. The average molecular weight is 436 g/mol. The zero-order valence-electron chi connectivity index (χ0n) is 18.5. The average Bonchev–Trinajstić information content (AvgIpc) is 2.80. The molecule has 1 aliphatic rings. The first-order chi connectivity index (χ1) is 15.2. The summed E-state index contributed by atoms with van der Waals surface area (Å²) in [7, 11) is 0. The second-order valence-corrected chi connectivity index (χ2v) is 9.12. The number of alkyl halides is 3. The Morgan fingerprint density at radius 2 is 1.41 bits per heavy atom. The molecule has 3 aromatic carbocycles. The van der Waals surface area contributed by atoms with E-state index in [1.54, 1.807) is 6.07 Å². The summed E-state index contributed by atoms with van der Waals surface area (Å²) in [6.07, 6.45) is -1.48. The van der Waals surface area contributed by atoms with Crippen molar-refractivity contribution in [1.82, 2.24) is 4.90 Å². The smallest absolute Gasteiger partial charge is 0.298 e. The monoisotopic (exact) mass is 435 g/mol. The Bertz CT molecular complexity index is 1080. The summed E-state index contributed by atoms with van der Waals surface area (Å²) in [5.41, 5.74) is 4.75. The van der Waals surface area contributed by atoms with Crippen molar-refractivity contribution in [2.24, 2.45) is 0 Å². The van der Waals surface area contributed by atoms with Crippen LogP contribution in [0.4, 0.5) is 13.2 Å². The van der Waals surface area contributed by atoms with Gasteiger partial charge < -0.3 is 0 Å². The summed E-state index contributed by atoms with van der Waals surface area (Å²) in [5, 5.41) is 0. The Labute approximate surface area is 188 Å². The quantitative estimate of drug-likeness (QED) is 0.403. The van der Waals surface area contributed by atoms with Crippen LogP contribution < -0.4 is 0 Å². The third kappa shape index (κ3) is 5.13. The van der Waals surface area contributed by atoms with Gasteiger partial charge in [0.05, 0.1) is 5.56 Å². The van der Waals surface area contributed by atoms with Crippen LogP contribution in [0.1, 0.15) is 37.0 Å². The van der Waals surface area contributed by atoms with Crippen molar-refractivity contribution in [1.29, 1.82) is 0 Å². The number of hydrogen-bond acceptors (Lipinski definition) is 1. The molecule has 0 atom stereocenters. The Kier molecular flexibility index (Phi) is 6.25. The van der Waals surface area contributed by atoms with Gasteiger partial charge in [0.1, 0.15) is 0 Å². The van der Waals surface area contributed by atoms with Crippen molar-refractivity contribution in [3.63, 3.8) is 0 Å². The van der Waals surface area contributed by atoms with E-state index in [2.05, 4.69) is 61.2 Å². The number of rotatable bonds is 5. The highest BCUT2D eigenvalue weighted by molar-refractivity contribution is 5.67. The minimum absolute atomic E-state index is 0.0310. The summed E-state index contributed by atoms with van der Waals surface area (Å²) in [6.45, 7) is 6.97. The Hall–Kier alpha value is -2.85. The van der Waals surface area contributed by atoms with Gasteiger partial charge in [-0.2, -0.15) is 13.2 Å². The summed E-state index contributed by atoms with van der Waals surface area (Å²) < 4.78 is 39.1. The van der Waals surface area contributed by atoms with Gasteiger partial charge in [-0.15, -0.1) is 0 Å². The van der Waals surface area contributed by atoms with E-state index >= 15 is 0 Å². The van der Waals surface area contributed by atoms with E-state index in [1.165, 1.54) is 28.8 Å². The van der Waals surface area contributed by atoms with Crippen LogP contribution in [-0.2, 0) is 11.6 Å². The largest absolute Gasteiger partial charge is 0.416 e. The maximum absolute atomic E-state index is 13.0. The lowest BCUT2D eigenvalue weighted by Gasteiger charge is -2.35. The lowest BCUT2D eigenvalue weighted by atomic mass is 9.83. The van der Waals surface area contributed by atoms with Crippen LogP contribution in [0.15, 0.2) is 84.9 Å². The third-order valence-corrected chi connectivity index (χ3v) is 6.25. The van der Waals surface area contributed by atoms with Crippen LogP contribution in [0, 0.1) is 0 Å². The van der Waals surface area contributed by atoms with E-state index in [0.29, 0.717) is 5.56 Å². The summed E-state index contributed by atoms with van der Waals surface area (Å²) in [6, 6.07) is 24.8. The Morgan fingerprint density at radius 3 is 2.03 bits per heavy atom. The van der Waals surface area contributed by atoms with Crippen molar-refractivity contribution >= 4 is 5.57 Å². The molecule has 0 unspecified atom stereocenters. The minimum Gasteiger partial charge on any atom is -0.298 e. The van der Waals surface area contributed by atoms with Gasteiger partial charge in [0.15, 0.2) is 0 Å². The van der Waals surface area contributed by atoms with Crippen LogP contribution in [0.25, 0.3) is 16.7 Å². The van der Waals surface area contributed by atoms with Crippen LogP contribution in [0.3, 0.4) is 0 Å². The first-order valence-electron chi connectivity index (χ1n) is 11.0. The first-order valence-corrected chi connectivity index (χ1v) is 11.0. The Morgan fingerprint density at radius 1 is 0.750 bits per heavy atom. The predicted octanol–water partition coefficient (Wildman–Crippen LogP) is 7.44. The maximum atomic E-state index is 13.0. The van der Waals surface area contributed by atoms with Crippen molar-refractivity contribution in [3.05, 3.63) is 102 Å². The Balaban J connectivity index is 1.42. The molecule has 1 aliphatic heterocycles. The van der Waals surface area contributed by atoms with Gasteiger partial charge >= 0.3 is 6.18 Å². The second kappa shape index (κ2) is 8.95. The molecule has 0 N–H and O–H groups in total. The molecule has 1 heterocycles. The van der Waals surface area contributed by atoms with Crippen molar-refractivity contribution in [3.8, 4) is 11.1 Å². The molecule has 4 heteroatoms. The lowest BCUT2D eigenvalue weighted by molar-refractivity contribution is -0.137. The van der Waals surface area contributed by atoms with E-state index in [4.69, 9.17) is 0 Å². The molecule has 166 valence electrons. The molecule has 0 saturated carbocycles. The zero-order chi connectivity index (χ0) is 22.8. The summed E-state index contributed by atoms with van der Waals surface area (Å²) >= 11 is 0. The third-order valence-electron chi connectivity index (χ3n) is 6.25. The molecule has 0 aromatic heterocycles. The molecular weight excluding hydrogens is 407 g/mol. The van der Waals surface area contributed by atoms with Crippen LogP contribution in [0.5, 0.6) is 0 Å². The molecule has 0 radical (unpaired) electrons. The highest BCUT2D eigenvalue weighted by Crippen LogP contribution is 2.33.